The Balaban J connectivity index is 0.00000180. The molecule has 0 saturated heterocycles. The van der Waals surface area contributed by atoms with Gasteiger partial charge in [-0.05, 0) is 5.92 Å². The first-order valence-corrected chi connectivity index (χ1v) is 5.10. The molecule has 0 N–H and O–H groups in total. The molecule has 0 radical (unpaired) electrons. The van der Waals surface area contributed by atoms with E-state index >= 15 is 0 Å². The summed E-state index contributed by atoms with van der Waals surface area (Å²) in [5.74, 6) is -9.95. The molecule has 0 spiro atoms. The first kappa shape index (κ1) is 16.3. The maximum Gasteiger partial charge on any atom is 1.00 e. The predicted octanol–water partition coefficient (Wildman–Crippen LogP) is 0.673. The van der Waals surface area contributed by atoms with Crippen molar-refractivity contribution in [2.45, 2.75) is 12.3 Å². The summed E-state index contributed by atoms with van der Waals surface area (Å²) in [6, 6.07) is 0. The zero-order chi connectivity index (χ0) is 13.4. The average Bonchev–Trinajstić information content (AvgIpc) is 2.36. The van der Waals surface area contributed by atoms with Crippen molar-refractivity contribution >= 4 is 6.99 Å². The monoisotopic (exact) mass is 270 g/mol. The van der Waals surface area contributed by atoms with Crippen LogP contribution in [0.25, 0.3) is 0 Å². The molecule has 1 aromatic rings. The molecule has 0 bridgehead atoms. The van der Waals surface area contributed by atoms with Gasteiger partial charge in [-0.15, -0.1) is 5.98 Å². The zero-order valence-corrected chi connectivity index (χ0v) is 9.86. The van der Waals surface area contributed by atoms with E-state index in [4.69, 9.17) is 0 Å². The molecule has 1 aromatic carbocycles. The van der Waals surface area contributed by atoms with Gasteiger partial charge in [-0.1, -0.05) is 6.08 Å². The van der Waals surface area contributed by atoms with Crippen LogP contribution in [0.4, 0.5) is 26.3 Å². The third kappa shape index (κ3) is 2.87. The molecule has 8 heteroatoms. The van der Waals surface area contributed by atoms with Crippen molar-refractivity contribution < 1.29 is 45.1 Å². The third-order valence-corrected chi connectivity index (χ3v) is 2.76. The van der Waals surface area contributed by atoms with Crippen molar-refractivity contribution in [3.05, 3.63) is 53.0 Å². The molecule has 0 aliphatic carbocycles. The van der Waals surface area contributed by atoms with Gasteiger partial charge in [0.15, 0.2) is 23.3 Å². The van der Waals surface area contributed by atoms with E-state index in [9.17, 15) is 26.3 Å². The molecule has 1 aliphatic heterocycles. The van der Waals surface area contributed by atoms with Gasteiger partial charge in [0.05, 0.1) is 0 Å². The molecule has 0 nitrogen and oxygen atoms in total. The average molecular weight is 270 g/mol. The molecule has 19 heavy (non-hydrogen) atoms. The van der Waals surface area contributed by atoms with Gasteiger partial charge in [-0.2, -0.15) is 6.42 Å². The molecule has 0 saturated carbocycles. The molecule has 1 aliphatic rings. The summed E-state index contributed by atoms with van der Waals surface area (Å²) in [6.45, 7) is -1.37. The standard InChI is InChI=1S/C11H6BF6.Li/c13-7-6(5-1-3-12(18)4-2-5)8(14)10(16)11(17)9(7)15;/h1,3-5H,2H2;/q-1;+1. The first-order valence-electron chi connectivity index (χ1n) is 5.10. The minimum Gasteiger partial charge on any atom is -0.373 e. The Hall–Kier alpha value is -0.798. The van der Waals surface area contributed by atoms with Crippen LogP contribution in [-0.4, -0.2) is 6.99 Å². The van der Waals surface area contributed by atoms with Gasteiger partial charge in [0.25, 0.3) is 0 Å². The van der Waals surface area contributed by atoms with E-state index in [0.717, 1.165) is 18.4 Å². The largest absolute Gasteiger partial charge is 1.00 e. The van der Waals surface area contributed by atoms with E-state index in [1.165, 1.54) is 0 Å². The maximum absolute atomic E-state index is 13.4. The maximum atomic E-state index is 13.4. The van der Waals surface area contributed by atoms with Crippen molar-refractivity contribution in [1.82, 2.24) is 0 Å². The van der Waals surface area contributed by atoms with Gasteiger partial charge in [-0.3, -0.25) is 0 Å². The molecule has 0 aromatic heterocycles. The molecular formula is C11H6BF6Li. The van der Waals surface area contributed by atoms with Crippen LogP contribution < -0.4 is 18.9 Å². The second kappa shape index (κ2) is 6.10. The zero-order valence-electron chi connectivity index (χ0n) is 9.86. The minimum atomic E-state index is -2.19. The fraction of sp³-hybridized carbons (Fsp3) is 0.182. The number of rotatable bonds is 1. The normalized spacial score (nSPS) is 18.4. The first-order chi connectivity index (χ1) is 8.43. The smallest absolute Gasteiger partial charge is 0.373 e. The Morgan fingerprint density at radius 1 is 0.947 bits per heavy atom. The van der Waals surface area contributed by atoms with E-state index in [2.05, 4.69) is 0 Å². The Kier molecular flexibility index (Phi) is 5.22. The Labute approximate surface area is 118 Å². The van der Waals surface area contributed by atoms with Gasteiger partial charge >= 0.3 is 18.9 Å². The van der Waals surface area contributed by atoms with Gasteiger partial charge in [0.1, 0.15) is 0 Å². The van der Waals surface area contributed by atoms with Crippen LogP contribution in [0.1, 0.15) is 17.9 Å². The van der Waals surface area contributed by atoms with E-state index in [1.807, 2.05) is 0 Å². The fourth-order valence-corrected chi connectivity index (χ4v) is 1.84. The summed E-state index contributed by atoms with van der Waals surface area (Å²) in [7, 11) is 0. The molecule has 1 atom stereocenters. The molecule has 96 valence electrons. The second-order valence-corrected chi connectivity index (χ2v) is 3.89. The van der Waals surface area contributed by atoms with Gasteiger partial charge in [0, 0.05) is 5.56 Å². The number of allylic oxidation sites excluding steroid dienone is 1. The van der Waals surface area contributed by atoms with Crippen molar-refractivity contribution in [3.8, 4) is 0 Å². The quantitative estimate of drug-likeness (QED) is 0.231. The topological polar surface area (TPSA) is 0 Å². The molecule has 1 heterocycles. The van der Waals surface area contributed by atoms with Crippen molar-refractivity contribution in [3.63, 3.8) is 0 Å². The Bertz CT molecular complexity index is 489. The van der Waals surface area contributed by atoms with Crippen molar-refractivity contribution in [2.75, 3.05) is 0 Å². The van der Waals surface area contributed by atoms with Gasteiger partial charge < -0.3 is 10.6 Å². The van der Waals surface area contributed by atoms with Crippen LogP contribution in [0.15, 0.2) is 12.1 Å². The van der Waals surface area contributed by atoms with E-state index in [0.29, 0.717) is 0 Å². The van der Waals surface area contributed by atoms with Crippen molar-refractivity contribution in [2.24, 2.45) is 0 Å². The predicted molar refractivity (Wildman–Crippen MR) is 53.9 cm³/mol. The summed E-state index contributed by atoms with van der Waals surface area (Å²) < 4.78 is 78.3. The SMILES string of the molecule is FB1C=CC(c2c(F)c(F)c(F)c(F)c2F)C[CH-]1.[Li+]. The van der Waals surface area contributed by atoms with E-state index in [-0.39, 0.29) is 25.3 Å². The Morgan fingerprint density at radius 2 is 1.42 bits per heavy atom. The summed E-state index contributed by atoms with van der Waals surface area (Å²) in [5.41, 5.74) is -0.925. The van der Waals surface area contributed by atoms with Crippen LogP contribution in [0.3, 0.4) is 0 Å². The molecular weight excluding hydrogens is 264 g/mol. The van der Waals surface area contributed by atoms with Gasteiger partial charge in [0.2, 0.25) is 12.8 Å². The summed E-state index contributed by atoms with van der Waals surface area (Å²) >= 11 is 0. The number of hydrogen-bond donors (Lipinski definition) is 0. The van der Waals surface area contributed by atoms with Crippen LogP contribution in [0.5, 0.6) is 0 Å². The minimum absolute atomic E-state index is 0. The molecule has 0 fully saturated rings. The molecule has 1 unspecified atom stereocenters. The van der Waals surface area contributed by atoms with Crippen LogP contribution in [-0.2, 0) is 0 Å². The summed E-state index contributed by atoms with van der Waals surface area (Å²) in [6.07, 6.45) is 2.07. The van der Waals surface area contributed by atoms with E-state index < -0.39 is 47.6 Å². The fourth-order valence-electron chi connectivity index (χ4n) is 1.84. The van der Waals surface area contributed by atoms with Crippen LogP contribution >= 0.6 is 0 Å². The molecule has 0 amide bonds. The van der Waals surface area contributed by atoms with Gasteiger partial charge in [-0.25, -0.2) is 22.0 Å². The van der Waals surface area contributed by atoms with Crippen molar-refractivity contribution in [1.29, 1.82) is 0 Å². The van der Waals surface area contributed by atoms with E-state index in [1.54, 1.807) is 0 Å². The summed E-state index contributed by atoms with van der Waals surface area (Å²) in [5, 5.41) is 0. The summed E-state index contributed by atoms with van der Waals surface area (Å²) in [4.78, 5) is 0. The third-order valence-electron chi connectivity index (χ3n) is 2.76. The number of benzene rings is 1. The Morgan fingerprint density at radius 3 is 1.84 bits per heavy atom. The second-order valence-electron chi connectivity index (χ2n) is 3.89. The number of hydrogen-bond acceptors (Lipinski definition) is 0. The van der Waals surface area contributed by atoms with Crippen LogP contribution in [0.2, 0.25) is 0 Å². The van der Waals surface area contributed by atoms with Crippen LogP contribution in [0, 0.1) is 35.4 Å². The number of halogens is 6. The molecule has 2 rings (SSSR count).